The van der Waals surface area contributed by atoms with E-state index in [1.807, 2.05) is 0 Å². The van der Waals surface area contributed by atoms with Crippen molar-refractivity contribution >= 4 is 28.4 Å². The van der Waals surface area contributed by atoms with Crippen LogP contribution in [-0.4, -0.2) is 8.76 Å². The van der Waals surface area contributed by atoms with E-state index >= 15 is 0 Å². The van der Waals surface area contributed by atoms with Crippen molar-refractivity contribution in [1.82, 2.24) is 0 Å². The molecule has 3 nitrogen and oxygen atoms in total. The van der Waals surface area contributed by atoms with Crippen molar-refractivity contribution in [1.29, 1.82) is 0 Å². The van der Waals surface area contributed by atoms with E-state index in [4.69, 9.17) is 17.3 Å². The van der Waals surface area contributed by atoms with Crippen molar-refractivity contribution < 1.29 is 8.76 Å². The highest BCUT2D eigenvalue weighted by atomic mass is 35.5. The van der Waals surface area contributed by atoms with Gasteiger partial charge < -0.3 is 10.3 Å². The molecule has 2 N–H and O–H groups in total. The molecular formula is C6H5ClNO2S-. The fourth-order valence-electron chi connectivity index (χ4n) is 0.681. The molecule has 0 aromatic heterocycles. The molecule has 0 saturated heterocycles. The zero-order valence-electron chi connectivity index (χ0n) is 5.41. The first-order chi connectivity index (χ1) is 5.09. The van der Waals surface area contributed by atoms with Crippen LogP contribution in [0.2, 0.25) is 5.02 Å². The molecule has 0 bridgehead atoms. The third-order valence-electron chi connectivity index (χ3n) is 1.09. The first kappa shape index (κ1) is 8.52. The Balaban J connectivity index is 3.19. The summed E-state index contributed by atoms with van der Waals surface area (Å²) >= 11 is 3.28. The molecule has 0 spiro atoms. The Hall–Kier alpha value is -0.580. The molecule has 1 atom stereocenters. The minimum atomic E-state index is -2.26. The number of rotatable bonds is 1. The summed E-state index contributed by atoms with van der Waals surface area (Å²) in [6.45, 7) is 0. The van der Waals surface area contributed by atoms with Crippen LogP contribution in [0.25, 0.3) is 0 Å². The SMILES string of the molecule is Nc1cc(Cl)cc(S(=O)[O-])c1. The fourth-order valence-corrected chi connectivity index (χ4v) is 1.44. The van der Waals surface area contributed by atoms with E-state index in [1.54, 1.807) is 0 Å². The number of benzene rings is 1. The topological polar surface area (TPSA) is 66.2 Å². The molecule has 11 heavy (non-hydrogen) atoms. The molecule has 0 heterocycles. The van der Waals surface area contributed by atoms with Gasteiger partial charge in [0.25, 0.3) is 0 Å². The Bertz CT molecular complexity index is 282. The molecule has 0 aliphatic carbocycles. The highest BCUT2D eigenvalue weighted by molar-refractivity contribution is 7.79. The Morgan fingerprint density at radius 2 is 2.09 bits per heavy atom. The van der Waals surface area contributed by atoms with E-state index in [9.17, 15) is 8.76 Å². The lowest BCUT2D eigenvalue weighted by atomic mass is 10.3. The van der Waals surface area contributed by atoms with Gasteiger partial charge in [0, 0.05) is 15.6 Å². The molecule has 0 amide bonds. The van der Waals surface area contributed by atoms with Gasteiger partial charge in [0.2, 0.25) is 0 Å². The van der Waals surface area contributed by atoms with E-state index in [-0.39, 0.29) is 4.90 Å². The third-order valence-corrected chi connectivity index (χ3v) is 1.92. The maximum atomic E-state index is 10.4. The number of nitrogen functional groups attached to an aromatic ring is 1. The van der Waals surface area contributed by atoms with Gasteiger partial charge in [-0.25, -0.2) is 0 Å². The second kappa shape index (κ2) is 3.21. The predicted octanol–water partition coefficient (Wildman–Crippen LogP) is 1.16. The molecule has 0 aliphatic rings. The van der Waals surface area contributed by atoms with Gasteiger partial charge in [-0.2, -0.15) is 0 Å². The van der Waals surface area contributed by atoms with Crippen molar-refractivity contribution in [3.05, 3.63) is 23.2 Å². The minimum absolute atomic E-state index is 0.106. The van der Waals surface area contributed by atoms with Crippen molar-refractivity contribution in [3.8, 4) is 0 Å². The Morgan fingerprint density at radius 1 is 1.45 bits per heavy atom. The van der Waals surface area contributed by atoms with E-state index in [0.29, 0.717) is 10.7 Å². The number of hydrogen-bond donors (Lipinski definition) is 1. The van der Waals surface area contributed by atoms with E-state index in [2.05, 4.69) is 0 Å². The van der Waals surface area contributed by atoms with Crippen LogP contribution in [0.5, 0.6) is 0 Å². The van der Waals surface area contributed by atoms with E-state index in [1.165, 1.54) is 18.2 Å². The normalized spacial score (nSPS) is 12.9. The van der Waals surface area contributed by atoms with Gasteiger partial charge in [0.15, 0.2) is 0 Å². The number of halogens is 1. The summed E-state index contributed by atoms with van der Waals surface area (Å²) in [5.74, 6) is 0. The van der Waals surface area contributed by atoms with Crippen LogP contribution in [0.15, 0.2) is 23.1 Å². The van der Waals surface area contributed by atoms with Crippen molar-refractivity contribution in [2.24, 2.45) is 0 Å². The molecule has 5 heteroatoms. The molecule has 1 aromatic rings. The molecule has 1 unspecified atom stereocenters. The van der Waals surface area contributed by atoms with Crippen LogP contribution in [0, 0.1) is 0 Å². The van der Waals surface area contributed by atoms with E-state index in [0.717, 1.165) is 0 Å². The lowest BCUT2D eigenvalue weighted by Gasteiger charge is -2.05. The lowest BCUT2D eigenvalue weighted by Crippen LogP contribution is -1.91. The van der Waals surface area contributed by atoms with Crippen molar-refractivity contribution in [2.75, 3.05) is 5.73 Å². The Labute approximate surface area is 71.5 Å². The highest BCUT2D eigenvalue weighted by Crippen LogP contribution is 2.18. The maximum Gasteiger partial charge on any atom is 0.0438 e. The Morgan fingerprint density at radius 3 is 2.55 bits per heavy atom. The molecule has 1 aromatic carbocycles. The summed E-state index contributed by atoms with van der Waals surface area (Å²) in [4.78, 5) is 0.106. The summed E-state index contributed by atoms with van der Waals surface area (Å²) in [6, 6.07) is 4.16. The second-order valence-electron chi connectivity index (χ2n) is 1.95. The van der Waals surface area contributed by atoms with Gasteiger partial charge in [0.05, 0.1) is 0 Å². The molecule has 0 saturated carbocycles. The number of anilines is 1. The summed E-state index contributed by atoms with van der Waals surface area (Å²) < 4.78 is 20.8. The van der Waals surface area contributed by atoms with Crippen molar-refractivity contribution in [3.63, 3.8) is 0 Å². The van der Waals surface area contributed by atoms with Gasteiger partial charge in [-0.3, -0.25) is 4.21 Å². The average Bonchev–Trinajstić information content (AvgIpc) is 1.85. The maximum absolute atomic E-state index is 10.4. The quantitative estimate of drug-likeness (QED) is 0.534. The van der Waals surface area contributed by atoms with Crippen LogP contribution in [-0.2, 0) is 11.1 Å². The second-order valence-corrected chi connectivity index (χ2v) is 3.33. The van der Waals surface area contributed by atoms with Gasteiger partial charge in [-0.05, 0) is 29.3 Å². The summed E-state index contributed by atoms with van der Waals surface area (Å²) in [5, 5.41) is 0.323. The predicted molar refractivity (Wildman–Crippen MR) is 43.1 cm³/mol. The molecule has 0 aliphatic heterocycles. The van der Waals surface area contributed by atoms with Gasteiger partial charge in [0.1, 0.15) is 0 Å². The fraction of sp³-hybridized carbons (Fsp3) is 0. The smallest absolute Gasteiger partial charge is 0.0438 e. The molecular weight excluding hydrogens is 186 g/mol. The third kappa shape index (κ3) is 2.18. The van der Waals surface area contributed by atoms with Crippen LogP contribution >= 0.6 is 11.6 Å². The largest absolute Gasteiger partial charge is 0.768 e. The standard InChI is InChI=1S/C6H6ClNO2S/c7-4-1-5(8)3-6(2-4)11(9)10/h1-3H,8H2,(H,9,10)/p-1. The van der Waals surface area contributed by atoms with Crippen LogP contribution in [0.3, 0.4) is 0 Å². The van der Waals surface area contributed by atoms with Crippen LogP contribution in [0.4, 0.5) is 5.69 Å². The van der Waals surface area contributed by atoms with Gasteiger partial charge >= 0.3 is 0 Å². The number of hydrogen-bond acceptors (Lipinski definition) is 3. The van der Waals surface area contributed by atoms with Crippen molar-refractivity contribution in [2.45, 2.75) is 4.90 Å². The van der Waals surface area contributed by atoms with Gasteiger partial charge in [-0.1, -0.05) is 11.6 Å². The molecule has 0 radical (unpaired) electrons. The molecule has 60 valence electrons. The molecule has 1 rings (SSSR count). The van der Waals surface area contributed by atoms with Crippen LogP contribution < -0.4 is 5.73 Å². The Kier molecular flexibility index (Phi) is 2.49. The highest BCUT2D eigenvalue weighted by Gasteiger charge is 1.96. The summed E-state index contributed by atoms with van der Waals surface area (Å²) in [6.07, 6.45) is 0. The summed E-state index contributed by atoms with van der Waals surface area (Å²) in [5.41, 5.74) is 5.68. The first-order valence-electron chi connectivity index (χ1n) is 2.75. The zero-order chi connectivity index (χ0) is 8.43. The summed E-state index contributed by atoms with van der Waals surface area (Å²) in [7, 11) is 0. The first-order valence-corrected chi connectivity index (χ1v) is 4.20. The van der Waals surface area contributed by atoms with Gasteiger partial charge in [-0.15, -0.1) is 0 Å². The van der Waals surface area contributed by atoms with Crippen LogP contribution in [0.1, 0.15) is 0 Å². The number of nitrogens with two attached hydrogens (primary N) is 1. The lowest BCUT2D eigenvalue weighted by molar-refractivity contribution is 0.537. The minimum Gasteiger partial charge on any atom is -0.768 e. The average molecular weight is 191 g/mol. The zero-order valence-corrected chi connectivity index (χ0v) is 6.98. The monoisotopic (exact) mass is 190 g/mol. The molecule has 0 fully saturated rings. The van der Waals surface area contributed by atoms with E-state index < -0.39 is 11.1 Å².